The minimum atomic E-state index is -0.00611. The smallest absolute Gasteiger partial charge is 0.263 e. The molecule has 0 aliphatic heterocycles. The summed E-state index contributed by atoms with van der Waals surface area (Å²) < 4.78 is 0. The third-order valence-corrected chi connectivity index (χ3v) is 3.50. The number of hydrogen-bond acceptors (Lipinski definition) is 3. The number of aryl methyl sites for hydroxylation is 1. The highest BCUT2D eigenvalue weighted by Crippen LogP contribution is 2.12. The molecule has 0 spiro atoms. The van der Waals surface area contributed by atoms with Crippen LogP contribution in [0.5, 0.6) is 0 Å². The van der Waals surface area contributed by atoms with Crippen LogP contribution in [0.2, 0.25) is 0 Å². The van der Waals surface area contributed by atoms with Crippen LogP contribution in [0.15, 0.2) is 6.20 Å². The van der Waals surface area contributed by atoms with Gasteiger partial charge in [-0.3, -0.25) is 4.79 Å². The van der Waals surface area contributed by atoms with E-state index < -0.39 is 0 Å². The van der Waals surface area contributed by atoms with Gasteiger partial charge in [0.2, 0.25) is 0 Å². The van der Waals surface area contributed by atoms with Crippen molar-refractivity contribution in [3.8, 4) is 0 Å². The minimum absolute atomic E-state index is 0.00611. The fraction of sp³-hybridized carbons (Fsp3) is 0.600. The first-order valence-electron chi connectivity index (χ1n) is 4.96. The van der Waals surface area contributed by atoms with Crippen LogP contribution in [-0.2, 0) is 0 Å². The Morgan fingerprint density at radius 1 is 1.73 bits per heavy atom. The molecular formula is C10H15BrN2OS. The van der Waals surface area contributed by atoms with Crippen molar-refractivity contribution in [3.63, 3.8) is 0 Å². The zero-order chi connectivity index (χ0) is 11.3. The molecule has 0 aromatic carbocycles. The van der Waals surface area contributed by atoms with Gasteiger partial charge in [-0.2, -0.15) is 0 Å². The van der Waals surface area contributed by atoms with Crippen molar-refractivity contribution in [3.05, 3.63) is 16.1 Å². The van der Waals surface area contributed by atoms with E-state index in [1.165, 1.54) is 11.3 Å². The van der Waals surface area contributed by atoms with E-state index in [0.29, 0.717) is 4.88 Å². The van der Waals surface area contributed by atoms with Crippen LogP contribution >= 0.6 is 27.3 Å². The molecule has 1 N–H and O–H groups in total. The molecule has 1 rings (SSSR count). The van der Waals surface area contributed by atoms with E-state index in [-0.39, 0.29) is 11.9 Å². The maximum atomic E-state index is 11.7. The molecule has 0 bridgehead atoms. The predicted octanol–water partition coefficient (Wildman–Crippen LogP) is 2.74. The molecule has 1 unspecified atom stereocenters. The maximum Gasteiger partial charge on any atom is 0.263 e. The van der Waals surface area contributed by atoms with Crippen molar-refractivity contribution >= 4 is 33.2 Å². The van der Waals surface area contributed by atoms with Crippen molar-refractivity contribution < 1.29 is 4.79 Å². The molecule has 0 saturated carbocycles. The SMILES string of the molecule is CCC(CCBr)NC(=O)c1cnc(C)s1. The highest BCUT2D eigenvalue weighted by atomic mass is 79.9. The van der Waals surface area contributed by atoms with E-state index in [1.807, 2.05) is 6.92 Å². The molecule has 84 valence electrons. The van der Waals surface area contributed by atoms with Crippen LogP contribution in [0.25, 0.3) is 0 Å². The number of rotatable bonds is 5. The molecule has 3 nitrogen and oxygen atoms in total. The van der Waals surface area contributed by atoms with Crippen LogP contribution in [-0.4, -0.2) is 22.3 Å². The summed E-state index contributed by atoms with van der Waals surface area (Å²) in [6.07, 6.45) is 3.55. The molecule has 1 aromatic heterocycles. The van der Waals surface area contributed by atoms with Gasteiger partial charge in [0.1, 0.15) is 4.88 Å². The molecule has 0 saturated heterocycles. The van der Waals surface area contributed by atoms with Crippen molar-refractivity contribution in [1.82, 2.24) is 10.3 Å². The summed E-state index contributed by atoms with van der Waals surface area (Å²) in [7, 11) is 0. The van der Waals surface area contributed by atoms with Crippen LogP contribution in [0.4, 0.5) is 0 Å². The van der Waals surface area contributed by atoms with E-state index in [0.717, 1.165) is 23.2 Å². The normalized spacial score (nSPS) is 12.5. The van der Waals surface area contributed by atoms with Gasteiger partial charge in [0, 0.05) is 11.4 Å². The highest BCUT2D eigenvalue weighted by molar-refractivity contribution is 9.09. The van der Waals surface area contributed by atoms with Gasteiger partial charge in [-0.1, -0.05) is 22.9 Å². The zero-order valence-electron chi connectivity index (χ0n) is 8.92. The Labute approximate surface area is 102 Å². The summed E-state index contributed by atoms with van der Waals surface area (Å²) in [5, 5.41) is 4.83. The number of hydrogen-bond donors (Lipinski definition) is 1. The zero-order valence-corrected chi connectivity index (χ0v) is 11.3. The number of aromatic nitrogens is 1. The van der Waals surface area contributed by atoms with Crippen LogP contribution in [0.3, 0.4) is 0 Å². The summed E-state index contributed by atoms with van der Waals surface area (Å²) in [5.41, 5.74) is 0. The average Bonchev–Trinajstić information content (AvgIpc) is 2.64. The summed E-state index contributed by atoms with van der Waals surface area (Å²) in [4.78, 5) is 16.5. The number of alkyl halides is 1. The lowest BCUT2D eigenvalue weighted by Gasteiger charge is -2.14. The summed E-state index contributed by atoms with van der Waals surface area (Å²) in [6, 6.07) is 0.249. The number of amides is 1. The molecule has 0 aliphatic carbocycles. The van der Waals surface area contributed by atoms with E-state index in [1.54, 1.807) is 6.20 Å². The fourth-order valence-corrected chi connectivity index (χ4v) is 2.47. The Morgan fingerprint density at radius 2 is 2.47 bits per heavy atom. The van der Waals surface area contributed by atoms with Gasteiger partial charge in [0.15, 0.2) is 0 Å². The second-order valence-corrected chi connectivity index (χ2v) is 5.33. The van der Waals surface area contributed by atoms with Crippen LogP contribution in [0.1, 0.15) is 34.4 Å². The fourth-order valence-electron chi connectivity index (χ4n) is 1.23. The number of nitrogens with one attached hydrogen (secondary N) is 1. The number of halogens is 1. The molecule has 1 heterocycles. The Morgan fingerprint density at radius 3 is 2.93 bits per heavy atom. The largest absolute Gasteiger partial charge is 0.349 e. The molecule has 1 aromatic rings. The van der Waals surface area contributed by atoms with Gasteiger partial charge < -0.3 is 5.32 Å². The van der Waals surface area contributed by atoms with Crippen LogP contribution < -0.4 is 5.32 Å². The van der Waals surface area contributed by atoms with E-state index in [9.17, 15) is 4.79 Å². The predicted molar refractivity (Wildman–Crippen MR) is 66.8 cm³/mol. The van der Waals surface area contributed by atoms with Gasteiger partial charge in [0.05, 0.1) is 11.2 Å². The van der Waals surface area contributed by atoms with Gasteiger partial charge in [-0.05, 0) is 19.8 Å². The molecule has 5 heteroatoms. The molecule has 0 radical (unpaired) electrons. The van der Waals surface area contributed by atoms with Gasteiger partial charge in [-0.15, -0.1) is 11.3 Å². The minimum Gasteiger partial charge on any atom is -0.349 e. The summed E-state index contributed by atoms with van der Waals surface area (Å²) >= 11 is 4.81. The van der Waals surface area contributed by atoms with Crippen molar-refractivity contribution in [1.29, 1.82) is 0 Å². The highest BCUT2D eigenvalue weighted by Gasteiger charge is 2.13. The van der Waals surface area contributed by atoms with Gasteiger partial charge in [-0.25, -0.2) is 4.98 Å². The second-order valence-electron chi connectivity index (χ2n) is 3.30. The third-order valence-electron chi connectivity index (χ3n) is 2.13. The monoisotopic (exact) mass is 290 g/mol. The standard InChI is InChI=1S/C10H15BrN2OS/c1-3-8(4-5-11)13-10(14)9-6-12-7(2)15-9/h6,8H,3-5H2,1-2H3,(H,13,14). The number of nitrogens with zero attached hydrogens (tertiary/aromatic N) is 1. The maximum absolute atomic E-state index is 11.7. The van der Waals surface area contributed by atoms with E-state index >= 15 is 0 Å². The Balaban J connectivity index is 2.54. The average molecular weight is 291 g/mol. The molecule has 0 fully saturated rings. The van der Waals surface area contributed by atoms with Crippen molar-refractivity contribution in [2.24, 2.45) is 0 Å². The second kappa shape index (κ2) is 6.23. The first-order valence-corrected chi connectivity index (χ1v) is 6.90. The molecular weight excluding hydrogens is 276 g/mol. The van der Waals surface area contributed by atoms with E-state index in [2.05, 4.69) is 33.2 Å². The first kappa shape index (κ1) is 12.6. The Kier molecular flexibility index (Phi) is 5.25. The molecule has 0 aliphatic rings. The van der Waals surface area contributed by atoms with Crippen LogP contribution in [0, 0.1) is 6.92 Å². The molecule has 1 amide bonds. The molecule has 1 atom stereocenters. The van der Waals surface area contributed by atoms with Crippen molar-refractivity contribution in [2.75, 3.05) is 5.33 Å². The lowest BCUT2D eigenvalue weighted by atomic mass is 10.2. The topological polar surface area (TPSA) is 42.0 Å². The Bertz CT molecular complexity index is 327. The quantitative estimate of drug-likeness (QED) is 0.848. The first-order chi connectivity index (χ1) is 7.17. The Hall–Kier alpha value is -0.420. The summed E-state index contributed by atoms with van der Waals surface area (Å²) in [6.45, 7) is 3.97. The lowest BCUT2D eigenvalue weighted by molar-refractivity contribution is 0.0939. The molecule has 15 heavy (non-hydrogen) atoms. The third kappa shape index (κ3) is 3.91. The number of carbonyl (C=O) groups is 1. The van der Waals surface area contributed by atoms with E-state index in [4.69, 9.17) is 0 Å². The summed E-state index contributed by atoms with van der Waals surface area (Å²) in [5.74, 6) is -0.00611. The van der Waals surface area contributed by atoms with Gasteiger partial charge in [0.25, 0.3) is 5.91 Å². The number of thiazole rings is 1. The number of carbonyl (C=O) groups excluding carboxylic acids is 1. The lowest BCUT2D eigenvalue weighted by Crippen LogP contribution is -2.34. The van der Waals surface area contributed by atoms with Crippen molar-refractivity contribution in [2.45, 2.75) is 32.7 Å². The van der Waals surface area contributed by atoms with Gasteiger partial charge >= 0.3 is 0 Å².